The Hall–Kier alpha value is -3.41. The highest BCUT2D eigenvalue weighted by Gasteiger charge is 2.43. The summed E-state index contributed by atoms with van der Waals surface area (Å²) in [4.78, 5) is 34.7. The Balaban J connectivity index is 1.06. The molecular weight excluding hydrogens is 538 g/mol. The van der Waals surface area contributed by atoms with Crippen molar-refractivity contribution in [3.63, 3.8) is 0 Å². The van der Waals surface area contributed by atoms with Gasteiger partial charge < -0.3 is 19.8 Å². The average molecular weight is 584 g/mol. The summed E-state index contributed by atoms with van der Waals surface area (Å²) < 4.78 is 0. The Morgan fingerprint density at radius 2 is 1.63 bits per heavy atom. The lowest BCUT2D eigenvalue weighted by atomic mass is 9.83. The highest BCUT2D eigenvalue weighted by atomic mass is 16.4. The number of amides is 2. The van der Waals surface area contributed by atoms with Crippen molar-refractivity contribution in [3.05, 3.63) is 71.3 Å². The predicted octanol–water partition coefficient (Wildman–Crippen LogP) is 5.01. The van der Waals surface area contributed by atoms with Crippen molar-refractivity contribution >= 4 is 12.0 Å². The largest absolute Gasteiger partial charge is 0.480 e. The predicted molar refractivity (Wildman–Crippen MR) is 165 cm³/mol. The molecule has 2 aromatic carbocycles. The van der Waals surface area contributed by atoms with E-state index in [0.717, 1.165) is 89.9 Å². The number of carbonyl (C=O) groups excluding carboxylic acids is 1. The average Bonchev–Trinajstić information content (AvgIpc) is 3.61. The lowest BCUT2D eigenvalue weighted by Crippen LogP contribution is -2.48. The van der Waals surface area contributed by atoms with Gasteiger partial charge in [0.05, 0.1) is 11.6 Å². The maximum Gasteiger partial charge on any atom is 0.321 e. The minimum atomic E-state index is -0.649. The van der Waals surface area contributed by atoms with Crippen LogP contribution < -0.4 is 0 Å². The number of nitriles is 1. The van der Waals surface area contributed by atoms with Gasteiger partial charge in [0.2, 0.25) is 0 Å². The molecular formula is C35H45N5O3. The van der Waals surface area contributed by atoms with E-state index in [1.54, 1.807) is 0 Å². The minimum absolute atomic E-state index is 0.126. The van der Waals surface area contributed by atoms with E-state index in [0.29, 0.717) is 23.9 Å². The summed E-state index contributed by atoms with van der Waals surface area (Å²) in [6.45, 7) is 6.64. The third kappa shape index (κ3) is 6.73. The molecule has 2 aromatic rings. The Morgan fingerprint density at radius 1 is 0.907 bits per heavy atom. The van der Waals surface area contributed by atoms with Crippen molar-refractivity contribution in [2.45, 2.75) is 69.5 Å². The quantitative estimate of drug-likeness (QED) is 0.446. The number of likely N-dealkylation sites (tertiary alicyclic amines) is 2. The highest BCUT2D eigenvalue weighted by molar-refractivity contribution is 5.77. The third-order valence-corrected chi connectivity index (χ3v) is 10.5. The van der Waals surface area contributed by atoms with Crippen molar-refractivity contribution in [1.82, 2.24) is 19.6 Å². The highest BCUT2D eigenvalue weighted by Crippen LogP contribution is 2.38. The second-order valence-corrected chi connectivity index (χ2v) is 13.2. The second-order valence-electron chi connectivity index (χ2n) is 13.2. The van der Waals surface area contributed by atoms with Crippen LogP contribution in [-0.2, 0) is 11.3 Å². The van der Waals surface area contributed by atoms with Gasteiger partial charge in [-0.1, -0.05) is 61.7 Å². The zero-order valence-electron chi connectivity index (χ0n) is 25.2. The van der Waals surface area contributed by atoms with Crippen molar-refractivity contribution in [3.8, 4) is 6.07 Å². The van der Waals surface area contributed by atoms with E-state index in [4.69, 9.17) is 5.26 Å². The van der Waals surface area contributed by atoms with Gasteiger partial charge in [0.25, 0.3) is 0 Å². The Morgan fingerprint density at radius 3 is 2.30 bits per heavy atom. The molecule has 3 heterocycles. The third-order valence-electron chi connectivity index (χ3n) is 10.5. The van der Waals surface area contributed by atoms with Gasteiger partial charge in [-0.15, -0.1) is 0 Å². The molecule has 1 unspecified atom stereocenters. The first-order valence-corrected chi connectivity index (χ1v) is 16.3. The van der Waals surface area contributed by atoms with Crippen LogP contribution in [0.25, 0.3) is 0 Å². The molecule has 3 aliphatic heterocycles. The van der Waals surface area contributed by atoms with E-state index in [2.05, 4.69) is 51.1 Å². The summed E-state index contributed by atoms with van der Waals surface area (Å²) in [6.07, 6.45) is 7.53. The Kier molecular flexibility index (Phi) is 9.30. The molecule has 2 amide bonds. The first-order chi connectivity index (χ1) is 21.0. The van der Waals surface area contributed by atoms with Gasteiger partial charge in [0, 0.05) is 64.3 Å². The van der Waals surface area contributed by atoms with E-state index in [-0.39, 0.29) is 24.0 Å². The first-order valence-electron chi connectivity index (χ1n) is 16.3. The van der Waals surface area contributed by atoms with E-state index in [9.17, 15) is 14.7 Å². The molecule has 4 aliphatic rings. The molecule has 6 rings (SSSR count). The monoisotopic (exact) mass is 583 g/mol. The number of nitrogens with zero attached hydrogens (tertiary/aromatic N) is 5. The van der Waals surface area contributed by atoms with Crippen LogP contribution >= 0.6 is 0 Å². The number of rotatable bonds is 9. The van der Waals surface area contributed by atoms with Crippen LogP contribution in [0.15, 0.2) is 54.6 Å². The van der Waals surface area contributed by atoms with Crippen LogP contribution in [0.3, 0.4) is 0 Å². The van der Waals surface area contributed by atoms with Gasteiger partial charge in [-0.05, 0) is 60.8 Å². The lowest BCUT2D eigenvalue weighted by molar-refractivity contribution is -0.145. The fourth-order valence-corrected chi connectivity index (χ4v) is 8.24. The number of piperidine rings is 1. The number of carboxylic acids is 1. The molecule has 0 radical (unpaired) electrons. The fraction of sp³-hybridized carbons (Fsp3) is 0.571. The summed E-state index contributed by atoms with van der Waals surface area (Å²) in [6, 6.07) is 20.4. The van der Waals surface area contributed by atoms with Crippen molar-refractivity contribution in [1.29, 1.82) is 5.26 Å². The summed E-state index contributed by atoms with van der Waals surface area (Å²) in [5.74, 6) is 0.330. The minimum Gasteiger partial charge on any atom is -0.480 e. The number of hydrogen-bond acceptors (Lipinski definition) is 5. The smallest absolute Gasteiger partial charge is 0.321 e. The number of benzene rings is 2. The van der Waals surface area contributed by atoms with E-state index >= 15 is 0 Å². The fourth-order valence-electron chi connectivity index (χ4n) is 8.24. The van der Waals surface area contributed by atoms with Crippen LogP contribution in [-0.4, -0.2) is 94.6 Å². The number of carbonyl (C=O) groups is 2. The number of urea groups is 1. The molecule has 1 saturated carbocycles. The van der Waals surface area contributed by atoms with Gasteiger partial charge in [-0.3, -0.25) is 9.69 Å². The summed E-state index contributed by atoms with van der Waals surface area (Å²) in [7, 11) is 0. The normalized spacial score (nSPS) is 25.2. The molecule has 0 aromatic heterocycles. The van der Waals surface area contributed by atoms with E-state index < -0.39 is 5.97 Å². The Labute approximate surface area is 255 Å². The summed E-state index contributed by atoms with van der Waals surface area (Å²) in [5.41, 5.74) is 3.01. The zero-order valence-corrected chi connectivity index (χ0v) is 25.2. The Bertz CT molecular complexity index is 1280. The van der Waals surface area contributed by atoms with Gasteiger partial charge >= 0.3 is 12.0 Å². The SMILES string of the molecule is N#Cc1ccc(CN2CCN(C3CCN(CC4CN([C@@H](C(=O)O)C5CCCCC5)C[C@@H]4c4ccccc4)CC3)C2=O)cc1. The molecule has 3 atom stereocenters. The molecule has 3 saturated heterocycles. The summed E-state index contributed by atoms with van der Waals surface area (Å²) in [5, 5.41) is 19.4. The van der Waals surface area contributed by atoms with Crippen LogP contribution in [0.2, 0.25) is 0 Å². The number of aliphatic carboxylic acids is 1. The standard InChI is InChI=1S/C35H45N5O3/c36-21-26-11-13-27(14-12-26)22-38-19-20-40(35(38)43)31-15-17-37(18-16-31)23-30-24-39(25-32(30)28-7-3-1-4-8-28)33(34(41)42)29-9-5-2-6-10-29/h1,3-4,7-8,11-14,29-33H,2,5-6,9-10,15-20,22-25H2,(H,41,42)/t30?,32-,33-/m1/s1. The van der Waals surface area contributed by atoms with Gasteiger partial charge in [0.15, 0.2) is 0 Å². The maximum absolute atomic E-state index is 13.3. The molecule has 0 spiro atoms. The summed E-state index contributed by atoms with van der Waals surface area (Å²) >= 11 is 0. The van der Waals surface area contributed by atoms with Gasteiger partial charge in [-0.2, -0.15) is 5.26 Å². The van der Waals surface area contributed by atoms with E-state index in [1.165, 1.54) is 12.0 Å². The first kappa shape index (κ1) is 29.7. The molecule has 228 valence electrons. The van der Waals surface area contributed by atoms with Crippen molar-refractivity contribution in [2.24, 2.45) is 11.8 Å². The maximum atomic E-state index is 13.3. The molecule has 1 N–H and O–H groups in total. The lowest BCUT2D eigenvalue weighted by Gasteiger charge is -2.38. The van der Waals surface area contributed by atoms with E-state index in [1.807, 2.05) is 29.2 Å². The molecule has 0 bridgehead atoms. The van der Waals surface area contributed by atoms with Crippen LogP contribution in [0.1, 0.15) is 67.6 Å². The molecule has 8 heteroatoms. The van der Waals surface area contributed by atoms with Crippen LogP contribution in [0, 0.1) is 23.2 Å². The topological polar surface area (TPSA) is 91.1 Å². The van der Waals surface area contributed by atoms with Gasteiger partial charge in [0.1, 0.15) is 6.04 Å². The number of carboxylic acid groups (broad SMARTS) is 1. The number of hydrogen-bond donors (Lipinski definition) is 1. The molecule has 43 heavy (non-hydrogen) atoms. The van der Waals surface area contributed by atoms with Crippen molar-refractivity contribution in [2.75, 3.05) is 45.8 Å². The molecule has 8 nitrogen and oxygen atoms in total. The van der Waals surface area contributed by atoms with Gasteiger partial charge in [-0.25, -0.2) is 4.79 Å². The molecule has 1 aliphatic carbocycles. The second kappa shape index (κ2) is 13.5. The van der Waals surface area contributed by atoms with Crippen LogP contribution in [0.5, 0.6) is 0 Å². The van der Waals surface area contributed by atoms with Crippen molar-refractivity contribution < 1.29 is 14.7 Å². The zero-order chi connectivity index (χ0) is 29.8. The van der Waals surface area contributed by atoms with Crippen LogP contribution in [0.4, 0.5) is 4.79 Å². The molecule has 4 fully saturated rings.